The Labute approximate surface area is 167 Å². The monoisotopic (exact) mass is 392 g/mol. The van der Waals surface area contributed by atoms with E-state index < -0.39 is 5.91 Å². The molecule has 1 saturated heterocycles. The summed E-state index contributed by atoms with van der Waals surface area (Å²) in [6, 6.07) is 14.5. The van der Waals surface area contributed by atoms with Crippen LogP contribution in [0.4, 0.5) is 10.1 Å². The van der Waals surface area contributed by atoms with Crippen LogP contribution in [-0.2, 0) is 0 Å². The number of hydrogen-bond acceptors (Lipinski definition) is 3. The lowest BCUT2D eigenvalue weighted by molar-refractivity contribution is 0.0725. The first-order chi connectivity index (χ1) is 14.1. The van der Waals surface area contributed by atoms with Crippen LogP contribution in [0.3, 0.4) is 0 Å². The van der Waals surface area contributed by atoms with Crippen molar-refractivity contribution in [3.05, 3.63) is 77.9 Å². The molecule has 0 atom stereocenters. The van der Waals surface area contributed by atoms with Gasteiger partial charge in [0.1, 0.15) is 5.82 Å². The maximum atomic E-state index is 13.4. The number of carbonyl (C=O) groups is 2. The molecular formula is C22H21FN4O2. The largest absolute Gasteiger partial charge is 0.339 e. The zero-order valence-corrected chi connectivity index (χ0v) is 15.8. The highest BCUT2D eigenvalue weighted by Crippen LogP contribution is 2.21. The van der Waals surface area contributed by atoms with Gasteiger partial charge in [-0.3, -0.25) is 9.59 Å². The third-order valence-corrected chi connectivity index (χ3v) is 4.94. The van der Waals surface area contributed by atoms with Gasteiger partial charge in [-0.1, -0.05) is 18.2 Å². The van der Waals surface area contributed by atoms with Crippen molar-refractivity contribution in [2.24, 2.45) is 0 Å². The number of likely N-dealkylation sites (tertiary alicyclic amines) is 1. The third kappa shape index (κ3) is 4.18. The Bertz CT molecular complexity index is 1040. The zero-order chi connectivity index (χ0) is 20.2. The quantitative estimate of drug-likeness (QED) is 0.733. The summed E-state index contributed by atoms with van der Waals surface area (Å²) in [6.07, 6.45) is 4.72. The molecule has 0 aliphatic carbocycles. The number of amides is 2. The van der Waals surface area contributed by atoms with Crippen LogP contribution >= 0.6 is 0 Å². The van der Waals surface area contributed by atoms with Crippen LogP contribution in [0.2, 0.25) is 0 Å². The lowest BCUT2D eigenvalue weighted by atomic mass is 10.1. The Morgan fingerprint density at radius 2 is 1.76 bits per heavy atom. The molecule has 2 heterocycles. The fourth-order valence-electron chi connectivity index (χ4n) is 3.44. The van der Waals surface area contributed by atoms with Gasteiger partial charge in [-0.15, -0.1) is 0 Å². The molecule has 2 amide bonds. The standard InChI is InChI=1S/C22H21FN4O2/c23-16-7-6-8-17(15-16)27-14-11-20(25-27)21(28)24-19-10-3-2-9-18(19)22(29)26-12-4-1-5-13-26/h2-3,6-11,14-15H,1,4-5,12-13H2,(H,24,28). The normalized spacial score (nSPS) is 13.9. The summed E-state index contributed by atoms with van der Waals surface area (Å²) >= 11 is 0. The predicted molar refractivity (Wildman–Crippen MR) is 108 cm³/mol. The molecule has 1 aromatic heterocycles. The van der Waals surface area contributed by atoms with Crippen LogP contribution in [0.25, 0.3) is 5.69 Å². The second-order valence-corrected chi connectivity index (χ2v) is 6.98. The van der Waals surface area contributed by atoms with Gasteiger partial charge in [0, 0.05) is 19.3 Å². The molecule has 0 bridgehead atoms. The average molecular weight is 392 g/mol. The Morgan fingerprint density at radius 3 is 2.55 bits per heavy atom. The van der Waals surface area contributed by atoms with Gasteiger partial charge in [-0.25, -0.2) is 9.07 Å². The number of aromatic nitrogens is 2. The first-order valence-electron chi connectivity index (χ1n) is 9.63. The number of benzene rings is 2. The van der Waals surface area contributed by atoms with Crippen LogP contribution in [-0.4, -0.2) is 39.6 Å². The summed E-state index contributed by atoms with van der Waals surface area (Å²) < 4.78 is 14.9. The SMILES string of the molecule is O=C(Nc1ccccc1C(=O)N1CCCCC1)c1ccn(-c2cccc(F)c2)n1. The number of rotatable bonds is 4. The summed E-state index contributed by atoms with van der Waals surface area (Å²) in [7, 11) is 0. The molecule has 6 nitrogen and oxygen atoms in total. The molecule has 1 N–H and O–H groups in total. The molecular weight excluding hydrogens is 371 g/mol. The molecule has 148 valence electrons. The van der Waals surface area contributed by atoms with Gasteiger partial charge in [-0.05, 0) is 55.7 Å². The maximum absolute atomic E-state index is 13.4. The van der Waals surface area contributed by atoms with Gasteiger partial charge >= 0.3 is 0 Å². The van der Waals surface area contributed by atoms with Crippen LogP contribution < -0.4 is 5.32 Å². The topological polar surface area (TPSA) is 67.2 Å². The number of nitrogens with zero attached hydrogens (tertiary/aromatic N) is 3. The lowest BCUT2D eigenvalue weighted by Crippen LogP contribution is -2.36. The Morgan fingerprint density at radius 1 is 0.966 bits per heavy atom. The molecule has 2 aromatic carbocycles. The molecule has 4 rings (SSSR count). The van der Waals surface area contributed by atoms with Crippen molar-refractivity contribution in [1.82, 2.24) is 14.7 Å². The molecule has 3 aromatic rings. The van der Waals surface area contributed by atoms with Gasteiger partial charge in [-0.2, -0.15) is 5.10 Å². The molecule has 29 heavy (non-hydrogen) atoms. The van der Waals surface area contributed by atoms with E-state index in [-0.39, 0.29) is 17.4 Å². The fraction of sp³-hybridized carbons (Fsp3) is 0.227. The van der Waals surface area contributed by atoms with Crippen molar-refractivity contribution in [3.8, 4) is 5.69 Å². The molecule has 1 fully saturated rings. The van der Waals surface area contributed by atoms with E-state index in [9.17, 15) is 14.0 Å². The Kier molecular flexibility index (Phi) is 5.37. The number of hydrogen-bond donors (Lipinski definition) is 1. The molecule has 0 spiro atoms. The van der Waals surface area contributed by atoms with Gasteiger partial charge < -0.3 is 10.2 Å². The van der Waals surface area contributed by atoms with E-state index in [1.54, 1.807) is 48.7 Å². The van der Waals surface area contributed by atoms with Gasteiger partial charge in [0.2, 0.25) is 0 Å². The van der Waals surface area contributed by atoms with Crippen LogP contribution in [0.1, 0.15) is 40.1 Å². The predicted octanol–water partition coefficient (Wildman–Crippen LogP) is 3.89. The maximum Gasteiger partial charge on any atom is 0.276 e. The Hall–Kier alpha value is -3.48. The van der Waals surface area contributed by atoms with Crippen LogP contribution in [0.15, 0.2) is 60.8 Å². The van der Waals surface area contributed by atoms with Crippen molar-refractivity contribution >= 4 is 17.5 Å². The average Bonchev–Trinajstić information content (AvgIpc) is 3.25. The van der Waals surface area contributed by atoms with Gasteiger partial charge in [0.05, 0.1) is 16.9 Å². The molecule has 7 heteroatoms. The highest BCUT2D eigenvalue weighted by Gasteiger charge is 2.22. The van der Waals surface area contributed by atoms with E-state index in [2.05, 4.69) is 10.4 Å². The first-order valence-corrected chi connectivity index (χ1v) is 9.63. The van der Waals surface area contributed by atoms with Crippen molar-refractivity contribution in [2.75, 3.05) is 18.4 Å². The van der Waals surface area contributed by atoms with E-state index in [1.807, 2.05) is 4.90 Å². The number of piperidine rings is 1. The van der Waals surface area contributed by atoms with E-state index in [0.29, 0.717) is 16.9 Å². The number of halogens is 1. The van der Waals surface area contributed by atoms with Crippen molar-refractivity contribution in [2.45, 2.75) is 19.3 Å². The fourth-order valence-corrected chi connectivity index (χ4v) is 3.44. The van der Waals surface area contributed by atoms with E-state index in [1.165, 1.54) is 16.8 Å². The van der Waals surface area contributed by atoms with E-state index in [0.717, 1.165) is 32.4 Å². The highest BCUT2D eigenvalue weighted by molar-refractivity contribution is 6.08. The number of anilines is 1. The van der Waals surface area contributed by atoms with Gasteiger partial charge in [0.15, 0.2) is 5.69 Å². The summed E-state index contributed by atoms with van der Waals surface area (Å²) in [4.78, 5) is 27.4. The zero-order valence-electron chi connectivity index (χ0n) is 15.8. The molecule has 0 saturated carbocycles. The third-order valence-electron chi connectivity index (χ3n) is 4.94. The first kappa shape index (κ1) is 18.9. The number of carbonyl (C=O) groups excluding carboxylic acids is 2. The smallest absolute Gasteiger partial charge is 0.276 e. The van der Waals surface area contributed by atoms with Crippen LogP contribution in [0, 0.1) is 5.82 Å². The second-order valence-electron chi connectivity index (χ2n) is 6.98. The molecule has 1 aliphatic rings. The summed E-state index contributed by atoms with van der Waals surface area (Å²) in [5.74, 6) is -0.890. The minimum atomic E-state index is -0.431. The summed E-state index contributed by atoms with van der Waals surface area (Å²) in [5, 5.41) is 7.01. The van der Waals surface area contributed by atoms with E-state index >= 15 is 0 Å². The van der Waals surface area contributed by atoms with Gasteiger partial charge in [0.25, 0.3) is 11.8 Å². The number of nitrogens with one attached hydrogen (secondary N) is 1. The van der Waals surface area contributed by atoms with Crippen molar-refractivity contribution in [3.63, 3.8) is 0 Å². The summed E-state index contributed by atoms with van der Waals surface area (Å²) in [5.41, 5.74) is 1.61. The Balaban J connectivity index is 1.53. The molecule has 1 aliphatic heterocycles. The number of para-hydroxylation sites is 1. The van der Waals surface area contributed by atoms with E-state index in [4.69, 9.17) is 0 Å². The molecule has 0 radical (unpaired) electrons. The minimum absolute atomic E-state index is 0.0779. The van der Waals surface area contributed by atoms with Crippen LogP contribution in [0.5, 0.6) is 0 Å². The minimum Gasteiger partial charge on any atom is -0.339 e. The van der Waals surface area contributed by atoms with Crippen molar-refractivity contribution in [1.29, 1.82) is 0 Å². The molecule has 0 unspecified atom stereocenters. The second kappa shape index (κ2) is 8.26. The highest BCUT2D eigenvalue weighted by atomic mass is 19.1. The summed E-state index contributed by atoms with van der Waals surface area (Å²) in [6.45, 7) is 1.47. The lowest BCUT2D eigenvalue weighted by Gasteiger charge is -2.27. The van der Waals surface area contributed by atoms with Crippen molar-refractivity contribution < 1.29 is 14.0 Å².